The molecule has 0 bridgehead atoms. The van der Waals surface area contributed by atoms with Crippen LogP contribution in [0.1, 0.15) is 39.0 Å². The molecule has 0 aromatic rings. The van der Waals surface area contributed by atoms with Crippen LogP contribution in [0.15, 0.2) is 0 Å². The van der Waals surface area contributed by atoms with Gasteiger partial charge in [-0.1, -0.05) is 19.8 Å². The fourth-order valence-corrected chi connectivity index (χ4v) is 2.58. The quantitative estimate of drug-likeness (QED) is 0.719. The van der Waals surface area contributed by atoms with E-state index in [0.29, 0.717) is 13.0 Å². The van der Waals surface area contributed by atoms with Crippen LogP contribution in [0.5, 0.6) is 0 Å². The van der Waals surface area contributed by atoms with Crippen molar-refractivity contribution in [1.82, 2.24) is 4.90 Å². The molecular weight excluding hydrogens is 204 g/mol. The SMILES string of the molecule is CCCC1CCN(C(CCN)C(=O)O)CC1. The predicted molar refractivity (Wildman–Crippen MR) is 64.3 cm³/mol. The number of nitrogens with two attached hydrogens (primary N) is 1. The average Bonchev–Trinajstić information content (AvgIpc) is 2.27. The number of rotatable bonds is 6. The van der Waals surface area contributed by atoms with Crippen molar-refractivity contribution in [3.05, 3.63) is 0 Å². The zero-order valence-electron chi connectivity index (χ0n) is 10.2. The number of hydrogen-bond donors (Lipinski definition) is 2. The molecule has 4 nitrogen and oxygen atoms in total. The van der Waals surface area contributed by atoms with Gasteiger partial charge in [0.05, 0.1) is 0 Å². The van der Waals surface area contributed by atoms with Crippen molar-refractivity contribution in [3.63, 3.8) is 0 Å². The van der Waals surface area contributed by atoms with E-state index >= 15 is 0 Å². The molecule has 16 heavy (non-hydrogen) atoms. The summed E-state index contributed by atoms with van der Waals surface area (Å²) in [6.07, 6.45) is 5.36. The van der Waals surface area contributed by atoms with Crippen LogP contribution in [-0.4, -0.2) is 41.7 Å². The minimum atomic E-state index is -0.723. The third-order valence-electron chi connectivity index (χ3n) is 3.51. The molecule has 1 unspecified atom stereocenters. The van der Waals surface area contributed by atoms with Gasteiger partial charge in [0.25, 0.3) is 0 Å². The van der Waals surface area contributed by atoms with Crippen LogP contribution in [0.3, 0.4) is 0 Å². The van der Waals surface area contributed by atoms with E-state index in [9.17, 15) is 4.79 Å². The minimum absolute atomic E-state index is 0.368. The summed E-state index contributed by atoms with van der Waals surface area (Å²) in [5.74, 6) is 0.0768. The van der Waals surface area contributed by atoms with Gasteiger partial charge < -0.3 is 10.8 Å². The number of likely N-dealkylation sites (tertiary alicyclic amines) is 1. The molecule has 3 N–H and O–H groups in total. The van der Waals surface area contributed by atoms with E-state index in [1.807, 2.05) is 0 Å². The van der Waals surface area contributed by atoms with E-state index in [1.165, 1.54) is 12.8 Å². The molecule has 0 radical (unpaired) electrons. The topological polar surface area (TPSA) is 66.6 Å². The lowest BCUT2D eigenvalue weighted by molar-refractivity contribution is -0.144. The van der Waals surface area contributed by atoms with Crippen LogP contribution in [0.2, 0.25) is 0 Å². The van der Waals surface area contributed by atoms with Crippen molar-refractivity contribution in [3.8, 4) is 0 Å². The van der Waals surface area contributed by atoms with Crippen molar-refractivity contribution in [2.45, 2.75) is 45.1 Å². The zero-order valence-corrected chi connectivity index (χ0v) is 10.2. The third-order valence-corrected chi connectivity index (χ3v) is 3.51. The number of carboxylic acids is 1. The highest BCUT2D eigenvalue weighted by Crippen LogP contribution is 2.23. The van der Waals surface area contributed by atoms with E-state index in [1.54, 1.807) is 0 Å². The molecule has 1 aliphatic rings. The van der Waals surface area contributed by atoms with E-state index < -0.39 is 5.97 Å². The van der Waals surface area contributed by atoms with Gasteiger partial charge in [-0.25, -0.2) is 0 Å². The Balaban J connectivity index is 2.41. The van der Waals surface area contributed by atoms with Crippen molar-refractivity contribution < 1.29 is 9.90 Å². The predicted octanol–water partition coefficient (Wildman–Crippen LogP) is 1.30. The van der Waals surface area contributed by atoms with Crippen LogP contribution in [0.25, 0.3) is 0 Å². The second-order valence-corrected chi connectivity index (χ2v) is 4.70. The number of aliphatic carboxylic acids is 1. The highest BCUT2D eigenvalue weighted by Gasteiger charge is 2.28. The maximum absolute atomic E-state index is 11.1. The lowest BCUT2D eigenvalue weighted by atomic mass is 9.91. The van der Waals surface area contributed by atoms with Crippen LogP contribution < -0.4 is 5.73 Å². The molecule has 0 spiro atoms. The van der Waals surface area contributed by atoms with Gasteiger partial charge in [-0.3, -0.25) is 9.69 Å². The molecule has 0 aromatic carbocycles. The number of carbonyl (C=O) groups is 1. The Morgan fingerprint density at radius 1 is 1.50 bits per heavy atom. The van der Waals surface area contributed by atoms with Crippen molar-refractivity contribution >= 4 is 5.97 Å². The molecule has 1 heterocycles. The van der Waals surface area contributed by atoms with Crippen LogP contribution in [0, 0.1) is 5.92 Å². The summed E-state index contributed by atoms with van der Waals surface area (Å²) in [5, 5.41) is 9.13. The van der Waals surface area contributed by atoms with Gasteiger partial charge in [-0.05, 0) is 44.8 Å². The van der Waals surface area contributed by atoms with Crippen molar-refractivity contribution in [1.29, 1.82) is 0 Å². The number of carboxylic acid groups (broad SMARTS) is 1. The molecule has 1 atom stereocenters. The Kier molecular flexibility index (Phi) is 5.77. The smallest absolute Gasteiger partial charge is 0.320 e. The number of piperidine rings is 1. The summed E-state index contributed by atoms with van der Waals surface area (Å²) >= 11 is 0. The van der Waals surface area contributed by atoms with Gasteiger partial charge in [-0.15, -0.1) is 0 Å². The van der Waals surface area contributed by atoms with E-state index in [2.05, 4.69) is 11.8 Å². The largest absolute Gasteiger partial charge is 0.480 e. The number of hydrogen-bond acceptors (Lipinski definition) is 3. The van der Waals surface area contributed by atoms with Crippen molar-refractivity contribution in [2.24, 2.45) is 11.7 Å². The number of nitrogens with zero attached hydrogens (tertiary/aromatic N) is 1. The molecule has 1 rings (SSSR count). The van der Waals surface area contributed by atoms with E-state index in [4.69, 9.17) is 10.8 Å². The Morgan fingerprint density at radius 2 is 2.12 bits per heavy atom. The zero-order chi connectivity index (χ0) is 12.0. The maximum atomic E-state index is 11.1. The van der Waals surface area contributed by atoms with Gasteiger partial charge in [0.2, 0.25) is 0 Å². The molecule has 0 saturated carbocycles. The average molecular weight is 228 g/mol. The normalized spacial score (nSPS) is 20.9. The Hall–Kier alpha value is -0.610. The summed E-state index contributed by atoms with van der Waals surface area (Å²) in [4.78, 5) is 13.2. The molecular formula is C12H24N2O2. The van der Waals surface area contributed by atoms with Crippen molar-refractivity contribution in [2.75, 3.05) is 19.6 Å². The van der Waals surface area contributed by atoms with Gasteiger partial charge in [0.1, 0.15) is 6.04 Å². The second kappa shape index (κ2) is 6.86. The summed E-state index contributed by atoms with van der Waals surface area (Å²) in [5.41, 5.74) is 5.46. The first-order valence-electron chi connectivity index (χ1n) is 6.36. The molecule has 0 aromatic heterocycles. The second-order valence-electron chi connectivity index (χ2n) is 4.70. The molecule has 4 heteroatoms. The van der Waals surface area contributed by atoms with Gasteiger partial charge in [-0.2, -0.15) is 0 Å². The first kappa shape index (κ1) is 13.5. The molecule has 1 aliphatic heterocycles. The fourth-order valence-electron chi connectivity index (χ4n) is 2.58. The maximum Gasteiger partial charge on any atom is 0.320 e. The first-order chi connectivity index (χ1) is 7.69. The van der Waals surface area contributed by atoms with Crippen LogP contribution in [-0.2, 0) is 4.79 Å². The Morgan fingerprint density at radius 3 is 2.56 bits per heavy atom. The molecule has 1 fully saturated rings. The molecule has 0 amide bonds. The van der Waals surface area contributed by atoms with E-state index in [-0.39, 0.29) is 6.04 Å². The highest BCUT2D eigenvalue weighted by atomic mass is 16.4. The van der Waals surface area contributed by atoms with Gasteiger partial charge >= 0.3 is 5.97 Å². The summed E-state index contributed by atoms with van der Waals surface area (Å²) in [7, 11) is 0. The fraction of sp³-hybridized carbons (Fsp3) is 0.917. The molecule has 0 aliphatic carbocycles. The Bertz CT molecular complexity index is 213. The monoisotopic (exact) mass is 228 g/mol. The van der Waals surface area contributed by atoms with E-state index in [0.717, 1.165) is 31.8 Å². The lowest BCUT2D eigenvalue weighted by Crippen LogP contribution is -2.46. The minimum Gasteiger partial charge on any atom is -0.480 e. The highest BCUT2D eigenvalue weighted by molar-refractivity contribution is 5.73. The molecule has 94 valence electrons. The lowest BCUT2D eigenvalue weighted by Gasteiger charge is -2.35. The summed E-state index contributed by atoms with van der Waals surface area (Å²) < 4.78 is 0. The van der Waals surface area contributed by atoms with Gasteiger partial charge in [0.15, 0.2) is 0 Å². The first-order valence-corrected chi connectivity index (χ1v) is 6.36. The standard InChI is InChI=1S/C12H24N2O2/c1-2-3-10-5-8-14(9-6-10)11(4-7-13)12(15)16/h10-11H,2-9,13H2,1H3,(H,15,16). The summed E-state index contributed by atoms with van der Waals surface area (Å²) in [6, 6.07) is -0.368. The van der Waals surface area contributed by atoms with Crippen LogP contribution >= 0.6 is 0 Å². The van der Waals surface area contributed by atoms with Gasteiger partial charge in [0, 0.05) is 0 Å². The van der Waals surface area contributed by atoms with Crippen LogP contribution in [0.4, 0.5) is 0 Å². The Labute approximate surface area is 97.8 Å². The molecule has 1 saturated heterocycles. The third kappa shape index (κ3) is 3.76. The summed E-state index contributed by atoms with van der Waals surface area (Å²) in [6.45, 7) is 4.50.